The molecule has 1 aromatic rings. The van der Waals surface area contributed by atoms with E-state index in [1.54, 1.807) is 59.7 Å². The van der Waals surface area contributed by atoms with Crippen LogP contribution in [-0.4, -0.2) is 53.3 Å². The van der Waals surface area contributed by atoms with E-state index in [4.69, 9.17) is 19.3 Å². The highest BCUT2D eigenvalue weighted by Gasteiger charge is 2.27. The molecule has 0 spiro atoms. The molecule has 9 heteroatoms. The Labute approximate surface area is 233 Å². The maximum absolute atomic E-state index is 12.8. The first-order valence-corrected chi connectivity index (χ1v) is 13.9. The molecule has 0 radical (unpaired) electrons. The van der Waals surface area contributed by atoms with Crippen LogP contribution >= 0.6 is 0 Å². The number of ether oxygens (including phenoxy) is 3. The molecular weight excluding hydrogens is 502 g/mol. The smallest absolute Gasteiger partial charge is 0.342 e. The van der Waals surface area contributed by atoms with Gasteiger partial charge >= 0.3 is 17.9 Å². The molecule has 220 valence electrons. The van der Waals surface area contributed by atoms with Crippen molar-refractivity contribution < 1.29 is 38.5 Å². The average Bonchev–Trinajstić information content (AvgIpc) is 2.80. The van der Waals surface area contributed by atoms with Crippen molar-refractivity contribution in [2.24, 2.45) is 0 Å². The molecule has 0 aliphatic heterocycles. The Kier molecular flexibility index (Phi) is 14.6. The zero-order chi connectivity index (χ0) is 29.5. The van der Waals surface area contributed by atoms with E-state index in [0.29, 0.717) is 26.0 Å². The molecular formula is C30H47NO8. The topological polar surface area (TPSA) is 128 Å². The zero-order valence-electron chi connectivity index (χ0n) is 24.5. The largest absolute Gasteiger partial charge is 0.492 e. The molecule has 0 aromatic heterocycles. The minimum atomic E-state index is -0.855. The average molecular weight is 550 g/mol. The van der Waals surface area contributed by atoms with Crippen LogP contribution in [0.25, 0.3) is 0 Å². The molecule has 39 heavy (non-hydrogen) atoms. The number of aliphatic carboxylic acids is 1. The third-order valence-corrected chi connectivity index (χ3v) is 5.44. The van der Waals surface area contributed by atoms with Crippen LogP contribution in [0.3, 0.4) is 0 Å². The summed E-state index contributed by atoms with van der Waals surface area (Å²) < 4.78 is 17.0. The monoisotopic (exact) mass is 549 g/mol. The number of carboxylic acid groups (broad SMARTS) is 1. The van der Waals surface area contributed by atoms with Crippen molar-refractivity contribution in [2.75, 3.05) is 13.2 Å². The van der Waals surface area contributed by atoms with Gasteiger partial charge < -0.3 is 24.6 Å². The van der Waals surface area contributed by atoms with Crippen molar-refractivity contribution in [1.82, 2.24) is 5.32 Å². The molecule has 0 atom stereocenters. The van der Waals surface area contributed by atoms with Crippen molar-refractivity contribution in [2.45, 2.75) is 117 Å². The molecule has 1 rings (SSSR count). The molecule has 0 fully saturated rings. The number of benzene rings is 1. The second-order valence-corrected chi connectivity index (χ2v) is 11.6. The fourth-order valence-corrected chi connectivity index (χ4v) is 3.68. The highest BCUT2D eigenvalue weighted by molar-refractivity contribution is 6.00. The molecule has 1 amide bonds. The number of esters is 2. The van der Waals surface area contributed by atoms with Crippen LogP contribution in [0.5, 0.6) is 5.75 Å². The second-order valence-electron chi connectivity index (χ2n) is 11.6. The van der Waals surface area contributed by atoms with Crippen LogP contribution in [0.15, 0.2) is 18.2 Å². The summed E-state index contributed by atoms with van der Waals surface area (Å²) in [4.78, 5) is 47.9. The number of para-hydroxylation sites is 1. The van der Waals surface area contributed by atoms with Gasteiger partial charge in [0.05, 0.1) is 6.61 Å². The predicted molar refractivity (Wildman–Crippen MR) is 149 cm³/mol. The van der Waals surface area contributed by atoms with E-state index in [-0.39, 0.29) is 29.2 Å². The van der Waals surface area contributed by atoms with Gasteiger partial charge in [0.15, 0.2) is 0 Å². The van der Waals surface area contributed by atoms with Gasteiger partial charge in [0.1, 0.15) is 28.1 Å². The number of carboxylic acids is 1. The van der Waals surface area contributed by atoms with Crippen LogP contribution in [0.4, 0.5) is 0 Å². The number of hydrogen-bond donors (Lipinski definition) is 2. The third kappa shape index (κ3) is 15.8. The van der Waals surface area contributed by atoms with E-state index in [9.17, 15) is 19.2 Å². The lowest BCUT2D eigenvalue weighted by molar-refractivity contribution is -0.137. The summed E-state index contributed by atoms with van der Waals surface area (Å²) >= 11 is 0. The van der Waals surface area contributed by atoms with E-state index in [0.717, 1.165) is 44.9 Å². The molecule has 0 unspecified atom stereocenters. The van der Waals surface area contributed by atoms with Crippen molar-refractivity contribution >= 4 is 23.8 Å². The van der Waals surface area contributed by atoms with Crippen LogP contribution in [0.1, 0.15) is 126 Å². The Morgan fingerprint density at radius 2 is 1.21 bits per heavy atom. The maximum Gasteiger partial charge on any atom is 0.342 e. The Bertz CT molecular complexity index is 897. The van der Waals surface area contributed by atoms with E-state index in [1.165, 1.54) is 0 Å². The summed E-state index contributed by atoms with van der Waals surface area (Å²) in [5, 5.41) is 11.3. The van der Waals surface area contributed by atoms with Crippen LogP contribution in [0, 0.1) is 0 Å². The van der Waals surface area contributed by atoms with Gasteiger partial charge in [0.25, 0.3) is 0 Å². The van der Waals surface area contributed by atoms with E-state index in [2.05, 4.69) is 5.32 Å². The van der Waals surface area contributed by atoms with Crippen molar-refractivity contribution in [3.8, 4) is 5.75 Å². The summed E-state index contributed by atoms with van der Waals surface area (Å²) in [5.74, 6) is -1.82. The first-order valence-electron chi connectivity index (χ1n) is 13.9. The zero-order valence-corrected chi connectivity index (χ0v) is 24.5. The first kappa shape index (κ1) is 33.9. The lowest BCUT2D eigenvalue weighted by atomic mass is 10.1. The molecule has 2 N–H and O–H groups in total. The summed E-state index contributed by atoms with van der Waals surface area (Å²) in [6.07, 6.45) is 7.50. The fourth-order valence-electron chi connectivity index (χ4n) is 3.68. The summed E-state index contributed by atoms with van der Waals surface area (Å²) in [6, 6.07) is 4.80. The summed E-state index contributed by atoms with van der Waals surface area (Å²) in [7, 11) is 0. The molecule has 0 saturated carbocycles. The fraction of sp³-hybridized carbons (Fsp3) is 0.667. The number of amides is 1. The van der Waals surface area contributed by atoms with Crippen molar-refractivity contribution in [3.05, 3.63) is 29.3 Å². The molecule has 0 aliphatic carbocycles. The number of rotatable bonds is 17. The Hall–Kier alpha value is -3.10. The molecule has 0 aliphatic rings. The van der Waals surface area contributed by atoms with Gasteiger partial charge in [-0.05, 0) is 72.9 Å². The highest BCUT2D eigenvalue weighted by atomic mass is 16.6. The number of unbranched alkanes of at least 4 members (excludes halogenated alkanes) is 6. The van der Waals surface area contributed by atoms with Gasteiger partial charge in [-0.1, -0.05) is 38.2 Å². The van der Waals surface area contributed by atoms with E-state index in [1.807, 2.05) is 0 Å². The lowest BCUT2D eigenvalue weighted by Gasteiger charge is -2.23. The second kappa shape index (κ2) is 16.8. The van der Waals surface area contributed by atoms with Crippen molar-refractivity contribution in [1.29, 1.82) is 0 Å². The van der Waals surface area contributed by atoms with Crippen LogP contribution in [-0.2, 0) is 19.1 Å². The summed E-state index contributed by atoms with van der Waals surface area (Å²) in [5.41, 5.74) is -0.997. The normalized spacial score (nSPS) is 11.5. The third-order valence-electron chi connectivity index (χ3n) is 5.44. The molecule has 1 aromatic carbocycles. The predicted octanol–water partition coefficient (Wildman–Crippen LogP) is 6.08. The number of carbonyl (C=O) groups excluding carboxylic acids is 3. The van der Waals surface area contributed by atoms with Gasteiger partial charge in [-0.15, -0.1) is 0 Å². The SMILES string of the molecule is CC(C)(C)OC(=O)c1cccc(C(=O)OC(C)(C)C)c1OCCCCCCCCCC(=O)NCCCC(=O)O. The van der Waals surface area contributed by atoms with E-state index < -0.39 is 29.1 Å². The van der Waals surface area contributed by atoms with Gasteiger partial charge in [0, 0.05) is 19.4 Å². The Morgan fingerprint density at radius 1 is 0.718 bits per heavy atom. The van der Waals surface area contributed by atoms with Gasteiger partial charge in [0.2, 0.25) is 5.91 Å². The number of carbonyl (C=O) groups is 4. The van der Waals surface area contributed by atoms with Gasteiger partial charge in [-0.25, -0.2) is 9.59 Å². The van der Waals surface area contributed by atoms with Crippen LogP contribution < -0.4 is 10.1 Å². The minimum Gasteiger partial charge on any atom is -0.492 e. The highest BCUT2D eigenvalue weighted by Crippen LogP contribution is 2.29. The minimum absolute atomic E-state index is 0.0325. The van der Waals surface area contributed by atoms with Gasteiger partial charge in [-0.2, -0.15) is 0 Å². The number of hydrogen-bond acceptors (Lipinski definition) is 7. The molecule has 0 heterocycles. The molecule has 9 nitrogen and oxygen atoms in total. The Morgan fingerprint density at radius 3 is 1.69 bits per heavy atom. The first-order chi connectivity index (χ1) is 18.2. The Balaban J connectivity index is 2.48. The number of nitrogens with one attached hydrogen (secondary N) is 1. The quantitative estimate of drug-likeness (QED) is 0.177. The molecule has 0 saturated heterocycles. The van der Waals surface area contributed by atoms with Crippen LogP contribution in [0.2, 0.25) is 0 Å². The van der Waals surface area contributed by atoms with E-state index >= 15 is 0 Å². The molecule has 0 bridgehead atoms. The summed E-state index contributed by atoms with van der Waals surface area (Å²) in [6.45, 7) is 11.4. The van der Waals surface area contributed by atoms with Crippen molar-refractivity contribution in [3.63, 3.8) is 0 Å². The lowest BCUT2D eigenvalue weighted by Crippen LogP contribution is -2.26. The maximum atomic E-state index is 12.8. The standard InChI is InChI=1S/C30H47NO8/c1-29(2,3)38-27(35)22-16-14-17-23(28(36)39-30(4,5)6)26(22)37-21-13-11-9-7-8-10-12-18-24(32)31-20-15-19-25(33)34/h14,16-17H,7-13,15,18-21H2,1-6H3,(H,31,32)(H,33,34). The van der Waals surface area contributed by atoms with Gasteiger partial charge in [-0.3, -0.25) is 9.59 Å².